The van der Waals surface area contributed by atoms with E-state index < -0.39 is 22.0 Å². The van der Waals surface area contributed by atoms with Crippen molar-refractivity contribution >= 4 is 55.7 Å². The Hall–Kier alpha value is -6.54. The van der Waals surface area contributed by atoms with Gasteiger partial charge in [0.15, 0.2) is 11.6 Å². The van der Waals surface area contributed by atoms with E-state index in [4.69, 9.17) is 49.3 Å². The maximum atomic E-state index is 11.6. The number of hydrogen-bond acceptors (Lipinski definition) is 12. The number of carbonyl (C=O) groups is 2. The van der Waals surface area contributed by atoms with Crippen LogP contribution in [0, 0.1) is 10.8 Å². The second-order valence-electron chi connectivity index (χ2n) is 19.4. The zero-order chi connectivity index (χ0) is 49.3. The van der Waals surface area contributed by atoms with Crippen LogP contribution in [-0.2, 0) is 45.3 Å². The molecule has 0 unspecified atom stereocenters. The monoisotopic (exact) mass is 1000 g/mol. The molecule has 2 N–H and O–H groups in total. The van der Waals surface area contributed by atoms with E-state index in [1.807, 2.05) is 139 Å². The third-order valence-electron chi connectivity index (χ3n) is 11.6. The van der Waals surface area contributed by atoms with Crippen LogP contribution in [0.3, 0.4) is 0 Å². The molecule has 2 aliphatic rings. The van der Waals surface area contributed by atoms with E-state index in [1.165, 1.54) is 26.4 Å². The number of allylic oxidation sites excluding steroid dienone is 2. The average Bonchev–Trinajstić information content (AvgIpc) is 4.04. The maximum Gasteiger partial charge on any atom is 2.00 e. The summed E-state index contributed by atoms with van der Waals surface area (Å²) in [5.41, 5.74) is 3.22. The zero-order valence-corrected chi connectivity index (χ0v) is 43.5. The summed E-state index contributed by atoms with van der Waals surface area (Å²) in [5, 5.41) is 22.8. The Bertz CT molecular complexity index is 2940. The van der Waals surface area contributed by atoms with E-state index in [0.29, 0.717) is 45.9 Å². The predicted octanol–water partition coefficient (Wildman–Crippen LogP) is 11.1. The fraction of sp³-hybridized carbons (Fsp3) is 0.296. The summed E-state index contributed by atoms with van der Waals surface area (Å²) < 4.78 is 10.0. The van der Waals surface area contributed by atoms with Crippen LogP contribution in [-0.4, -0.2) is 77.1 Å². The number of fused-ring (bicyclic) bond motifs is 20. The average molecular weight is 1000 g/mol. The van der Waals surface area contributed by atoms with Crippen LogP contribution in [0.15, 0.2) is 121 Å². The molecule has 5 heterocycles. The van der Waals surface area contributed by atoms with Crippen molar-refractivity contribution in [1.29, 1.82) is 0 Å². The van der Waals surface area contributed by atoms with Crippen LogP contribution < -0.4 is 9.97 Å². The van der Waals surface area contributed by atoms with Gasteiger partial charge in [0.25, 0.3) is 0 Å². The number of aromatic nitrogens is 8. The van der Waals surface area contributed by atoms with E-state index in [-0.39, 0.29) is 49.3 Å². The number of methoxy groups -OCH3 is 2. The Balaban J connectivity index is 0.000000225. The van der Waals surface area contributed by atoms with E-state index >= 15 is 0 Å². The number of ketones is 2. The van der Waals surface area contributed by atoms with Crippen molar-refractivity contribution in [2.75, 3.05) is 14.2 Å². The summed E-state index contributed by atoms with van der Waals surface area (Å²) in [6.45, 7) is 17.7. The van der Waals surface area contributed by atoms with Gasteiger partial charge in [-0.1, -0.05) is 139 Å². The molecule has 4 aromatic carbocycles. The molecule has 0 saturated carbocycles. The Labute approximate surface area is 420 Å². The predicted molar refractivity (Wildman–Crippen MR) is 267 cm³/mol. The molecule has 0 aliphatic carbocycles. The summed E-state index contributed by atoms with van der Waals surface area (Å²) >= 11 is 0. The molecule has 2 aliphatic heterocycles. The second-order valence-corrected chi connectivity index (χ2v) is 19.4. The van der Waals surface area contributed by atoms with Gasteiger partial charge in [-0.15, -0.1) is 0 Å². The van der Waals surface area contributed by atoms with Crippen molar-refractivity contribution in [3.8, 4) is 45.6 Å². The third kappa shape index (κ3) is 11.2. The number of nitrogens with zero attached hydrogens (tertiary/aromatic N) is 8. The van der Waals surface area contributed by atoms with Crippen molar-refractivity contribution in [3.05, 3.63) is 121 Å². The van der Waals surface area contributed by atoms with Gasteiger partial charge in [0.05, 0.1) is 23.3 Å². The Morgan fingerprint density at radius 1 is 0.435 bits per heavy atom. The van der Waals surface area contributed by atoms with Crippen LogP contribution in [0.5, 0.6) is 0 Å². The first-order chi connectivity index (χ1) is 32.0. The van der Waals surface area contributed by atoms with Crippen molar-refractivity contribution in [3.63, 3.8) is 0 Å². The van der Waals surface area contributed by atoms with E-state index in [9.17, 15) is 19.8 Å². The summed E-state index contributed by atoms with van der Waals surface area (Å²) in [6.07, 6.45) is 2.48. The van der Waals surface area contributed by atoms with E-state index in [0.717, 1.165) is 43.8 Å². The normalized spacial score (nSPS) is 12.8. The molecular weight excluding hydrogens is 948 g/mol. The van der Waals surface area contributed by atoms with Crippen LogP contribution in [0.2, 0.25) is 0 Å². The second kappa shape index (κ2) is 20.2. The van der Waals surface area contributed by atoms with Crippen LogP contribution >= 0.6 is 0 Å². The van der Waals surface area contributed by atoms with Crippen molar-refractivity contribution in [1.82, 2.24) is 39.9 Å². The number of aliphatic hydroxyl groups excluding tert-OH is 2. The number of aliphatic hydroxyl groups is 2. The van der Waals surface area contributed by atoms with Crippen molar-refractivity contribution in [2.24, 2.45) is 10.8 Å². The number of carbonyl (C=O) groups excluding carboxylic acids is 2. The van der Waals surface area contributed by atoms with Crippen LogP contribution in [0.1, 0.15) is 69.2 Å². The van der Waals surface area contributed by atoms with Crippen LogP contribution in [0.4, 0.5) is 0 Å². The molecule has 0 fully saturated rings. The fourth-order valence-corrected chi connectivity index (χ4v) is 6.69. The molecule has 352 valence electrons. The molecule has 0 saturated heterocycles. The summed E-state index contributed by atoms with van der Waals surface area (Å²) in [7, 11) is 2.94. The Morgan fingerprint density at radius 2 is 0.667 bits per heavy atom. The standard InChI is InChI=1S/C32H16N8.2C11H20O3.Zr/c1-2-10-18-17(9-1)25-33-26(18)38-28-21-13-5-6-14-22(21)30(35-28)40-32-24-16-8-7-15-23(24)31(36-32)39-29-20-12-4-3-11-19(20)27(34-29)37-25;2*1-10(2,3)8(12)7-9(13)11(4,5)14-6;/h1-16H;2*7,12H,1-6H3;/q-2;;;+2/b;2*8-7-;. The van der Waals surface area contributed by atoms with Gasteiger partial charge in [-0.3, -0.25) is 9.59 Å². The summed E-state index contributed by atoms with van der Waals surface area (Å²) in [6, 6.07) is 31.8. The minimum absolute atomic E-state index is 0. The van der Waals surface area contributed by atoms with Gasteiger partial charge in [0.1, 0.15) is 22.7 Å². The summed E-state index contributed by atoms with van der Waals surface area (Å²) in [4.78, 5) is 62.5. The first-order valence-corrected chi connectivity index (χ1v) is 22.1. The Kier molecular flexibility index (Phi) is 15.2. The molecule has 69 heavy (non-hydrogen) atoms. The number of benzene rings is 4. The minimum atomic E-state index is -0.876. The third-order valence-corrected chi connectivity index (χ3v) is 11.6. The van der Waals surface area contributed by atoms with Gasteiger partial charge in [-0.05, 0) is 49.2 Å². The number of rotatable bonds is 6. The van der Waals surface area contributed by atoms with Crippen LogP contribution in [0.25, 0.3) is 89.7 Å². The molecule has 15 heteroatoms. The number of hydrogen-bond donors (Lipinski definition) is 2. The first-order valence-electron chi connectivity index (χ1n) is 22.1. The molecule has 9 rings (SSSR count). The van der Waals surface area contributed by atoms with E-state index in [1.54, 1.807) is 27.7 Å². The molecule has 14 nitrogen and oxygen atoms in total. The molecule has 0 atom stereocenters. The largest absolute Gasteiger partial charge is 2.00 e. The Morgan fingerprint density at radius 3 is 0.884 bits per heavy atom. The molecule has 0 amide bonds. The molecule has 7 aromatic rings. The van der Waals surface area contributed by atoms with Gasteiger partial charge >= 0.3 is 26.2 Å². The van der Waals surface area contributed by atoms with Gasteiger partial charge in [-0.2, -0.15) is 0 Å². The fourth-order valence-electron chi connectivity index (χ4n) is 6.69. The maximum absolute atomic E-state index is 11.6. The number of ether oxygens (including phenoxy) is 2. The molecule has 0 radical (unpaired) electrons. The molecule has 3 aromatic heterocycles. The van der Waals surface area contributed by atoms with Crippen molar-refractivity contribution < 1.29 is 55.5 Å². The molecule has 8 bridgehead atoms. The molecule has 0 spiro atoms. The zero-order valence-electron chi connectivity index (χ0n) is 41.0. The molecular formula is C54H56N8O6Zr. The first kappa shape index (κ1) is 51.8. The van der Waals surface area contributed by atoms with Gasteiger partial charge in [0.2, 0.25) is 0 Å². The smallest absolute Gasteiger partial charge is 0.512 e. The minimum Gasteiger partial charge on any atom is -0.512 e. The van der Waals surface area contributed by atoms with Crippen molar-refractivity contribution in [2.45, 2.75) is 80.4 Å². The topological polar surface area (TPSA) is 199 Å². The quantitative estimate of drug-likeness (QED) is 0.118. The van der Waals surface area contributed by atoms with Gasteiger partial charge < -0.3 is 49.6 Å². The SMILES string of the molecule is COC(C)(C)C(=O)/C=C(\O)C(C)(C)C.COC(C)(C)C(=O)/C=C(\O)C(C)(C)C.[Zr+2].c1ccc2c(c1)-c1nc-2nc2[n-]c(nc3nc(nc4[n-]c(n1)c1ccccc41)-c1ccccc1-3)c1ccccc21. The van der Waals surface area contributed by atoms with Gasteiger partial charge in [-0.25, -0.2) is 9.97 Å². The van der Waals surface area contributed by atoms with E-state index in [2.05, 4.69) is 0 Å². The summed E-state index contributed by atoms with van der Waals surface area (Å²) in [5.74, 6) is 1.90. The van der Waals surface area contributed by atoms with Gasteiger partial charge in [0, 0.05) is 82.0 Å².